The van der Waals surface area contributed by atoms with Gasteiger partial charge in [-0.1, -0.05) is 20.3 Å². The van der Waals surface area contributed by atoms with Gasteiger partial charge in [0.15, 0.2) is 0 Å². The van der Waals surface area contributed by atoms with Crippen molar-refractivity contribution >= 4 is 11.8 Å². The van der Waals surface area contributed by atoms with Crippen LogP contribution in [0.3, 0.4) is 0 Å². The van der Waals surface area contributed by atoms with Crippen molar-refractivity contribution in [3.63, 3.8) is 0 Å². The Bertz CT molecular complexity index is 148. The summed E-state index contributed by atoms with van der Waals surface area (Å²) in [6.07, 6.45) is 2.51. The summed E-state index contributed by atoms with van der Waals surface area (Å²) in [5.41, 5.74) is 5.70. The molecule has 0 radical (unpaired) electrons. The van der Waals surface area contributed by atoms with Crippen LogP contribution >= 0.6 is 11.8 Å². The minimum absolute atomic E-state index is 0.736. The van der Waals surface area contributed by atoms with Gasteiger partial charge in [-0.2, -0.15) is 11.8 Å². The van der Waals surface area contributed by atoms with E-state index in [9.17, 15) is 0 Å². The highest BCUT2D eigenvalue weighted by Crippen LogP contribution is 2.18. The first-order valence-electron chi connectivity index (χ1n) is 5.80. The lowest BCUT2D eigenvalue weighted by atomic mass is 10.0. The lowest BCUT2D eigenvalue weighted by Gasteiger charge is -2.31. The van der Waals surface area contributed by atoms with Crippen LogP contribution in [0.15, 0.2) is 0 Å². The molecule has 0 spiro atoms. The van der Waals surface area contributed by atoms with Crippen LogP contribution in [-0.4, -0.2) is 42.1 Å². The SMILES string of the molecule is CCC(CN)CCN1CCSC(C)C1. The standard InChI is InChI=1S/C11H24N2S/c1-3-11(8-12)4-5-13-6-7-14-10(2)9-13/h10-11H,3-9,12H2,1-2H3. The number of nitrogens with zero attached hydrogens (tertiary/aromatic N) is 1. The fourth-order valence-corrected chi connectivity index (χ4v) is 3.03. The first-order chi connectivity index (χ1) is 6.76. The monoisotopic (exact) mass is 216 g/mol. The Morgan fingerprint density at radius 3 is 2.93 bits per heavy atom. The Balaban J connectivity index is 2.16. The van der Waals surface area contributed by atoms with Gasteiger partial charge in [0.25, 0.3) is 0 Å². The number of thioether (sulfide) groups is 1. The third kappa shape index (κ3) is 4.20. The van der Waals surface area contributed by atoms with E-state index < -0.39 is 0 Å². The Morgan fingerprint density at radius 1 is 1.57 bits per heavy atom. The zero-order valence-electron chi connectivity index (χ0n) is 9.54. The van der Waals surface area contributed by atoms with E-state index in [0.29, 0.717) is 0 Å². The fourth-order valence-electron chi connectivity index (χ4n) is 1.95. The molecular formula is C11H24N2S. The molecule has 1 aliphatic rings. The lowest BCUT2D eigenvalue weighted by molar-refractivity contribution is 0.260. The highest BCUT2D eigenvalue weighted by molar-refractivity contribution is 7.99. The predicted octanol–water partition coefficient (Wildman–Crippen LogP) is 1.80. The first kappa shape index (κ1) is 12.3. The molecule has 2 N–H and O–H groups in total. The predicted molar refractivity (Wildman–Crippen MR) is 65.8 cm³/mol. The Labute approximate surface area is 92.6 Å². The molecule has 0 saturated carbocycles. The van der Waals surface area contributed by atoms with Gasteiger partial charge in [-0.25, -0.2) is 0 Å². The van der Waals surface area contributed by atoms with Gasteiger partial charge in [-0.05, 0) is 25.4 Å². The molecule has 1 saturated heterocycles. The second-order valence-corrected chi connectivity index (χ2v) is 5.83. The Morgan fingerprint density at radius 2 is 2.36 bits per heavy atom. The third-order valence-electron chi connectivity index (χ3n) is 3.09. The molecule has 3 heteroatoms. The molecule has 2 unspecified atom stereocenters. The largest absolute Gasteiger partial charge is 0.330 e. The highest BCUT2D eigenvalue weighted by atomic mass is 32.2. The number of hydrogen-bond donors (Lipinski definition) is 1. The summed E-state index contributed by atoms with van der Waals surface area (Å²) >= 11 is 2.10. The van der Waals surface area contributed by atoms with Crippen molar-refractivity contribution in [3.8, 4) is 0 Å². The molecule has 0 aliphatic carbocycles. The van der Waals surface area contributed by atoms with Crippen LogP contribution in [0.1, 0.15) is 26.7 Å². The summed E-state index contributed by atoms with van der Waals surface area (Å²) in [5, 5.41) is 0.821. The molecule has 0 amide bonds. The van der Waals surface area contributed by atoms with Gasteiger partial charge in [-0.3, -0.25) is 0 Å². The van der Waals surface area contributed by atoms with Gasteiger partial charge in [0, 0.05) is 24.1 Å². The van der Waals surface area contributed by atoms with Crippen LogP contribution in [0, 0.1) is 5.92 Å². The zero-order valence-corrected chi connectivity index (χ0v) is 10.4. The Kier molecular flexibility index (Phi) is 5.90. The van der Waals surface area contributed by atoms with E-state index in [1.807, 2.05) is 0 Å². The van der Waals surface area contributed by atoms with E-state index >= 15 is 0 Å². The van der Waals surface area contributed by atoms with Gasteiger partial charge in [0.05, 0.1) is 0 Å². The van der Waals surface area contributed by atoms with Crippen LogP contribution < -0.4 is 5.73 Å². The molecular weight excluding hydrogens is 192 g/mol. The Hall–Kier alpha value is 0.270. The number of hydrogen-bond acceptors (Lipinski definition) is 3. The van der Waals surface area contributed by atoms with E-state index in [1.54, 1.807) is 0 Å². The van der Waals surface area contributed by atoms with Crippen molar-refractivity contribution in [2.24, 2.45) is 11.7 Å². The molecule has 1 aliphatic heterocycles. The molecule has 1 heterocycles. The maximum Gasteiger partial charge on any atom is 0.0147 e. The molecule has 1 rings (SSSR count). The minimum Gasteiger partial charge on any atom is -0.330 e. The molecule has 84 valence electrons. The van der Waals surface area contributed by atoms with Crippen LogP contribution in [0.25, 0.3) is 0 Å². The second-order valence-electron chi connectivity index (χ2n) is 4.28. The zero-order chi connectivity index (χ0) is 10.4. The molecule has 2 nitrogen and oxygen atoms in total. The summed E-state index contributed by atoms with van der Waals surface area (Å²) in [4.78, 5) is 2.60. The topological polar surface area (TPSA) is 29.3 Å². The van der Waals surface area contributed by atoms with Crippen LogP contribution in [0.5, 0.6) is 0 Å². The summed E-state index contributed by atoms with van der Waals surface area (Å²) in [6, 6.07) is 0. The van der Waals surface area contributed by atoms with Gasteiger partial charge in [0.1, 0.15) is 0 Å². The van der Waals surface area contributed by atoms with E-state index in [0.717, 1.165) is 17.7 Å². The van der Waals surface area contributed by atoms with Gasteiger partial charge in [0.2, 0.25) is 0 Å². The molecule has 0 bridgehead atoms. The average Bonchev–Trinajstić information content (AvgIpc) is 2.19. The van der Waals surface area contributed by atoms with Crippen molar-refractivity contribution in [2.45, 2.75) is 31.9 Å². The van der Waals surface area contributed by atoms with E-state index in [1.165, 1.54) is 38.2 Å². The molecule has 14 heavy (non-hydrogen) atoms. The molecule has 2 atom stereocenters. The maximum atomic E-state index is 5.70. The quantitative estimate of drug-likeness (QED) is 0.760. The van der Waals surface area contributed by atoms with E-state index in [-0.39, 0.29) is 0 Å². The van der Waals surface area contributed by atoms with Gasteiger partial charge >= 0.3 is 0 Å². The summed E-state index contributed by atoms with van der Waals surface area (Å²) < 4.78 is 0. The molecule has 0 aromatic carbocycles. The minimum atomic E-state index is 0.736. The third-order valence-corrected chi connectivity index (χ3v) is 4.23. The van der Waals surface area contributed by atoms with Gasteiger partial charge in [-0.15, -0.1) is 0 Å². The van der Waals surface area contributed by atoms with Crippen molar-refractivity contribution < 1.29 is 0 Å². The van der Waals surface area contributed by atoms with Crippen LogP contribution in [-0.2, 0) is 0 Å². The lowest BCUT2D eigenvalue weighted by Crippen LogP contribution is -2.38. The smallest absolute Gasteiger partial charge is 0.0147 e. The van der Waals surface area contributed by atoms with Crippen molar-refractivity contribution in [1.82, 2.24) is 4.90 Å². The molecule has 0 aromatic rings. The molecule has 1 fully saturated rings. The van der Waals surface area contributed by atoms with Crippen LogP contribution in [0.4, 0.5) is 0 Å². The van der Waals surface area contributed by atoms with Crippen molar-refractivity contribution in [3.05, 3.63) is 0 Å². The number of rotatable bonds is 5. The average molecular weight is 216 g/mol. The molecule has 0 aromatic heterocycles. The van der Waals surface area contributed by atoms with Crippen molar-refractivity contribution in [1.29, 1.82) is 0 Å². The normalized spacial score (nSPS) is 26.4. The summed E-state index contributed by atoms with van der Waals surface area (Å²) in [6.45, 7) is 9.22. The first-order valence-corrected chi connectivity index (χ1v) is 6.85. The highest BCUT2D eigenvalue weighted by Gasteiger charge is 2.16. The van der Waals surface area contributed by atoms with E-state index in [2.05, 4.69) is 30.5 Å². The van der Waals surface area contributed by atoms with Crippen LogP contribution in [0.2, 0.25) is 0 Å². The maximum absolute atomic E-state index is 5.70. The summed E-state index contributed by atoms with van der Waals surface area (Å²) in [7, 11) is 0. The summed E-state index contributed by atoms with van der Waals surface area (Å²) in [5.74, 6) is 2.04. The number of nitrogens with two attached hydrogens (primary N) is 1. The van der Waals surface area contributed by atoms with Crippen molar-refractivity contribution in [2.75, 3.05) is 31.9 Å². The van der Waals surface area contributed by atoms with Gasteiger partial charge < -0.3 is 10.6 Å². The van der Waals surface area contributed by atoms with E-state index in [4.69, 9.17) is 5.73 Å². The second kappa shape index (κ2) is 6.70. The fraction of sp³-hybridized carbons (Fsp3) is 1.00.